The summed E-state index contributed by atoms with van der Waals surface area (Å²) in [6.45, 7) is 3.50. The molecule has 3 nitrogen and oxygen atoms in total. The molecular weight excluding hydrogens is 260 g/mol. The van der Waals surface area contributed by atoms with Gasteiger partial charge in [-0.2, -0.15) is 5.26 Å². The zero-order chi connectivity index (χ0) is 14.8. The molecule has 3 heteroatoms. The second-order valence-electron chi connectivity index (χ2n) is 5.66. The van der Waals surface area contributed by atoms with E-state index in [4.69, 9.17) is 0 Å². The molecule has 0 atom stereocenters. The lowest BCUT2D eigenvalue weighted by Crippen LogP contribution is -2.35. The molecule has 0 N–H and O–H groups in total. The molecule has 2 aromatic rings. The molecule has 0 aromatic heterocycles. The van der Waals surface area contributed by atoms with E-state index < -0.39 is 0 Å². The first-order valence-corrected chi connectivity index (χ1v) is 7.38. The normalized spacial score (nSPS) is 15.9. The highest BCUT2D eigenvalue weighted by atomic mass is 16.1. The maximum atomic E-state index is 11.5. The van der Waals surface area contributed by atoms with E-state index in [0.29, 0.717) is 11.3 Å². The molecular formula is C18H18N2O. The van der Waals surface area contributed by atoms with Crippen molar-refractivity contribution < 1.29 is 4.79 Å². The summed E-state index contributed by atoms with van der Waals surface area (Å²) >= 11 is 0. The third kappa shape index (κ3) is 2.50. The molecule has 21 heavy (non-hydrogen) atoms. The van der Waals surface area contributed by atoms with Crippen molar-refractivity contribution >= 4 is 22.2 Å². The Kier molecular flexibility index (Phi) is 3.62. The SMILES string of the molecule is CC(=O)C1CCN(c2ccc(C#N)c3ccccc23)CC1. The van der Waals surface area contributed by atoms with E-state index in [1.807, 2.05) is 30.3 Å². The molecule has 106 valence electrons. The van der Waals surface area contributed by atoms with Crippen LogP contribution in [0.25, 0.3) is 10.8 Å². The number of anilines is 1. The number of nitriles is 1. The van der Waals surface area contributed by atoms with Crippen molar-refractivity contribution in [2.24, 2.45) is 5.92 Å². The van der Waals surface area contributed by atoms with E-state index in [1.165, 1.54) is 5.69 Å². The Labute approximate surface area is 124 Å². The van der Waals surface area contributed by atoms with Crippen LogP contribution >= 0.6 is 0 Å². The van der Waals surface area contributed by atoms with Crippen molar-refractivity contribution in [3.8, 4) is 6.07 Å². The quantitative estimate of drug-likeness (QED) is 0.844. The average molecular weight is 278 g/mol. The number of fused-ring (bicyclic) bond motifs is 1. The predicted octanol–water partition coefficient (Wildman–Crippen LogP) is 3.52. The number of piperidine rings is 1. The van der Waals surface area contributed by atoms with Crippen LogP contribution in [0, 0.1) is 17.2 Å². The van der Waals surface area contributed by atoms with E-state index in [2.05, 4.69) is 17.0 Å². The van der Waals surface area contributed by atoms with Crippen molar-refractivity contribution in [1.29, 1.82) is 5.26 Å². The second kappa shape index (κ2) is 5.57. The van der Waals surface area contributed by atoms with Gasteiger partial charge < -0.3 is 4.90 Å². The van der Waals surface area contributed by atoms with E-state index in [9.17, 15) is 10.1 Å². The topological polar surface area (TPSA) is 44.1 Å². The minimum absolute atomic E-state index is 0.214. The number of rotatable bonds is 2. The summed E-state index contributed by atoms with van der Waals surface area (Å²) in [6, 6.07) is 14.2. The van der Waals surface area contributed by atoms with Gasteiger partial charge in [-0.25, -0.2) is 0 Å². The molecule has 0 spiro atoms. The number of hydrogen-bond acceptors (Lipinski definition) is 3. The summed E-state index contributed by atoms with van der Waals surface area (Å²) in [6.07, 6.45) is 1.84. The molecule has 1 aliphatic rings. The van der Waals surface area contributed by atoms with Crippen molar-refractivity contribution in [3.63, 3.8) is 0 Å². The Bertz CT molecular complexity index is 722. The van der Waals surface area contributed by atoms with Gasteiger partial charge in [-0.05, 0) is 31.9 Å². The number of benzene rings is 2. The van der Waals surface area contributed by atoms with Crippen LogP contribution in [-0.4, -0.2) is 18.9 Å². The van der Waals surface area contributed by atoms with Gasteiger partial charge in [0.05, 0.1) is 11.6 Å². The molecule has 2 aromatic carbocycles. The molecule has 1 saturated heterocycles. The third-order valence-electron chi connectivity index (χ3n) is 4.43. The first-order valence-electron chi connectivity index (χ1n) is 7.38. The first kappa shape index (κ1) is 13.6. The first-order chi connectivity index (χ1) is 10.2. The summed E-state index contributed by atoms with van der Waals surface area (Å²) in [5.41, 5.74) is 1.89. The van der Waals surface area contributed by atoms with E-state index in [0.717, 1.165) is 36.7 Å². The largest absolute Gasteiger partial charge is 0.371 e. The van der Waals surface area contributed by atoms with E-state index >= 15 is 0 Å². The van der Waals surface area contributed by atoms with Crippen LogP contribution < -0.4 is 4.90 Å². The van der Waals surface area contributed by atoms with Crippen LogP contribution in [-0.2, 0) is 4.79 Å². The molecule has 0 bridgehead atoms. The zero-order valence-electron chi connectivity index (χ0n) is 12.2. The molecule has 0 amide bonds. The van der Waals surface area contributed by atoms with Crippen LogP contribution in [0.4, 0.5) is 5.69 Å². The number of nitrogens with zero attached hydrogens (tertiary/aromatic N) is 2. The fourth-order valence-corrected chi connectivity index (χ4v) is 3.18. The van der Waals surface area contributed by atoms with E-state index in [-0.39, 0.29) is 5.92 Å². The van der Waals surface area contributed by atoms with Gasteiger partial charge in [0, 0.05) is 35.5 Å². The van der Waals surface area contributed by atoms with E-state index in [1.54, 1.807) is 6.92 Å². The zero-order valence-corrected chi connectivity index (χ0v) is 12.2. The van der Waals surface area contributed by atoms with Crippen LogP contribution in [0.5, 0.6) is 0 Å². The summed E-state index contributed by atoms with van der Waals surface area (Å²) < 4.78 is 0. The Morgan fingerprint density at radius 1 is 1.14 bits per heavy atom. The third-order valence-corrected chi connectivity index (χ3v) is 4.43. The van der Waals surface area contributed by atoms with Gasteiger partial charge in [-0.15, -0.1) is 0 Å². The fraction of sp³-hybridized carbons (Fsp3) is 0.333. The molecule has 0 saturated carbocycles. The van der Waals surface area contributed by atoms with Gasteiger partial charge >= 0.3 is 0 Å². The highest BCUT2D eigenvalue weighted by molar-refractivity contribution is 5.98. The smallest absolute Gasteiger partial charge is 0.133 e. The fourth-order valence-electron chi connectivity index (χ4n) is 3.18. The van der Waals surface area contributed by atoms with Crippen LogP contribution in [0.3, 0.4) is 0 Å². The maximum absolute atomic E-state index is 11.5. The Morgan fingerprint density at radius 2 is 1.81 bits per heavy atom. The summed E-state index contributed by atoms with van der Waals surface area (Å²) in [7, 11) is 0. The summed E-state index contributed by atoms with van der Waals surface area (Å²) in [5.74, 6) is 0.519. The molecule has 0 aliphatic carbocycles. The van der Waals surface area contributed by atoms with Gasteiger partial charge in [0.1, 0.15) is 5.78 Å². The summed E-state index contributed by atoms with van der Waals surface area (Å²) in [5, 5.41) is 11.4. The van der Waals surface area contributed by atoms with Crippen molar-refractivity contribution in [2.45, 2.75) is 19.8 Å². The van der Waals surface area contributed by atoms with Gasteiger partial charge in [-0.1, -0.05) is 24.3 Å². The van der Waals surface area contributed by atoms with Crippen molar-refractivity contribution in [2.75, 3.05) is 18.0 Å². The molecule has 1 aliphatic heterocycles. The maximum Gasteiger partial charge on any atom is 0.133 e. The van der Waals surface area contributed by atoms with Crippen molar-refractivity contribution in [1.82, 2.24) is 0 Å². The highest BCUT2D eigenvalue weighted by Gasteiger charge is 2.23. The minimum atomic E-state index is 0.214. The van der Waals surface area contributed by atoms with Crippen LogP contribution in [0.2, 0.25) is 0 Å². The van der Waals surface area contributed by atoms with Crippen molar-refractivity contribution in [3.05, 3.63) is 42.0 Å². The van der Waals surface area contributed by atoms with Gasteiger partial charge in [-0.3, -0.25) is 4.79 Å². The highest BCUT2D eigenvalue weighted by Crippen LogP contribution is 2.32. The Balaban J connectivity index is 1.96. The Hall–Kier alpha value is -2.34. The lowest BCUT2D eigenvalue weighted by atomic mass is 9.92. The number of Topliss-reactive ketones (excluding diaryl/α,β-unsaturated/α-hetero) is 1. The molecule has 1 fully saturated rings. The predicted molar refractivity (Wildman–Crippen MR) is 84.3 cm³/mol. The lowest BCUT2D eigenvalue weighted by Gasteiger charge is -2.33. The number of ketones is 1. The standard InChI is InChI=1S/C18H18N2O/c1-13(21)14-8-10-20(11-9-14)18-7-6-15(12-19)16-4-2-3-5-17(16)18/h2-7,14H,8-11H2,1H3. The van der Waals surface area contributed by atoms with Gasteiger partial charge in [0.15, 0.2) is 0 Å². The average Bonchev–Trinajstić information content (AvgIpc) is 2.54. The number of carbonyl (C=O) groups excluding carboxylic acids is 1. The monoisotopic (exact) mass is 278 g/mol. The van der Waals surface area contributed by atoms with Crippen LogP contribution in [0.1, 0.15) is 25.3 Å². The molecule has 0 radical (unpaired) electrons. The molecule has 0 unspecified atom stereocenters. The second-order valence-corrected chi connectivity index (χ2v) is 5.66. The molecule has 3 rings (SSSR count). The minimum Gasteiger partial charge on any atom is -0.371 e. The lowest BCUT2D eigenvalue weighted by molar-refractivity contribution is -0.121. The van der Waals surface area contributed by atoms with Gasteiger partial charge in [0.25, 0.3) is 0 Å². The summed E-state index contributed by atoms with van der Waals surface area (Å²) in [4.78, 5) is 13.8. The van der Waals surface area contributed by atoms with Gasteiger partial charge in [0.2, 0.25) is 0 Å². The number of carbonyl (C=O) groups is 1. The Morgan fingerprint density at radius 3 is 2.43 bits per heavy atom. The number of hydrogen-bond donors (Lipinski definition) is 0. The molecule has 1 heterocycles. The van der Waals surface area contributed by atoms with Crippen LogP contribution in [0.15, 0.2) is 36.4 Å².